The molecular weight excluding hydrogens is 298 g/mol. The molecule has 0 unspecified atom stereocenters. The number of piperidine rings is 1. The highest BCUT2D eigenvalue weighted by Crippen LogP contribution is 2.30. The molecule has 1 aliphatic heterocycles. The van der Waals surface area contributed by atoms with Gasteiger partial charge in [0.05, 0.1) is 11.7 Å². The minimum atomic E-state index is 0.0489. The van der Waals surface area contributed by atoms with Crippen LogP contribution in [0.5, 0.6) is 0 Å². The summed E-state index contributed by atoms with van der Waals surface area (Å²) in [6, 6.07) is 1.94. The molecule has 0 aromatic carbocycles. The monoisotopic (exact) mass is 317 g/mol. The van der Waals surface area contributed by atoms with Crippen molar-refractivity contribution in [1.29, 1.82) is 0 Å². The molecule has 0 aliphatic carbocycles. The lowest BCUT2D eigenvalue weighted by Gasteiger charge is -2.34. The molecule has 1 aliphatic rings. The molecule has 0 radical (unpaired) electrons. The van der Waals surface area contributed by atoms with E-state index in [1.54, 1.807) is 24.5 Å². The molecule has 0 bridgehead atoms. The summed E-state index contributed by atoms with van der Waals surface area (Å²) in [6.45, 7) is 4.43. The van der Waals surface area contributed by atoms with Crippen molar-refractivity contribution in [3.05, 3.63) is 29.0 Å². The second-order valence-electron chi connectivity index (χ2n) is 5.43. The van der Waals surface area contributed by atoms with Crippen LogP contribution in [0.4, 0.5) is 11.1 Å². The van der Waals surface area contributed by atoms with E-state index in [9.17, 15) is 4.79 Å². The molecule has 2 aromatic rings. The topological polar surface area (TPSA) is 71.0 Å². The lowest BCUT2D eigenvalue weighted by Crippen LogP contribution is -2.37. The fourth-order valence-corrected chi connectivity index (χ4v) is 3.40. The standard InChI is InChI=1S/C15H19N5OS/c1-10-9-17-15(22-10)19-14-16-7-6-12(18-14)13-5-3-4-8-20(13)11(2)21/h6-7,9,13H,3-5,8H2,1-2H3,(H,16,17,18,19)/t13-/m0/s1. The Morgan fingerprint density at radius 2 is 2.27 bits per heavy atom. The maximum atomic E-state index is 11.8. The highest BCUT2D eigenvalue weighted by atomic mass is 32.1. The molecule has 116 valence electrons. The highest BCUT2D eigenvalue weighted by Gasteiger charge is 2.27. The van der Waals surface area contributed by atoms with Crippen molar-refractivity contribution < 1.29 is 4.79 Å². The van der Waals surface area contributed by atoms with Crippen molar-refractivity contribution in [3.63, 3.8) is 0 Å². The number of hydrogen-bond donors (Lipinski definition) is 1. The number of nitrogens with one attached hydrogen (secondary N) is 1. The van der Waals surface area contributed by atoms with Gasteiger partial charge in [-0.15, -0.1) is 11.3 Å². The molecule has 1 N–H and O–H groups in total. The van der Waals surface area contributed by atoms with Crippen LogP contribution in [0.15, 0.2) is 18.5 Å². The maximum absolute atomic E-state index is 11.8. The Morgan fingerprint density at radius 1 is 1.41 bits per heavy atom. The van der Waals surface area contributed by atoms with Crippen LogP contribution in [0.2, 0.25) is 0 Å². The van der Waals surface area contributed by atoms with E-state index in [1.165, 1.54) is 0 Å². The lowest BCUT2D eigenvalue weighted by molar-refractivity contribution is -0.132. The number of aryl methyl sites for hydroxylation is 1. The minimum absolute atomic E-state index is 0.0489. The third-order valence-electron chi connectivity index (χ3n) is 3.77. The number of thiazole rings is 1. The molecule has 1 amide bonds. The number of nitrogens with zero attached hydrogens (tertiary/aromatic N) is 4. The molecule has 6 nitrogen and oxygen atoms in total. The molecule has 22 heavy (non-hydrogen) atoms. The van der Waals surface area contributed by atoms with Gasteiger partial charge in [-0.25, -0.2) is 15.0 Å². The third kappa shape index (κ3) is 3.24. The van der Waals surface area contributed by atoms with Crippen LogP contribution >= 0.6 is 11.3 Å². The normalized spacial score (nSPS) is 18.3. The number of anilines is 2. The van der Waals surface area contributed by atoms with Gasteiger partial charge in [-0.05, 0) is 32.3 Å². The van der Waals surface area contributed by atoms with Gasteiger partial charge in [-0.1, -0.05) is 0 Å². The van der Waals surface area contributed by atoms with E-state index in [1.807, 2.05) is 24.1 Å². The van der Waals surface area contributed by atoms with E-state index in [4.69, 9.17) is 0 Å². The van der Waals surface area contributed by atoms with Gasteiger partial charge in [0.25, 0.3) is 0 Å². The summed E-state index contributed by atoms with van der Waals surface area (Å²) < 4.78 is 0. The zero-order valence-electron chi connectivity index (χ0n) is 12.7. The molecule has 1 saturated heterocycles. The van der Waals surface area contributed by atoms with Gasteiger partial charge < -0.3 is 10.2 Å². The molecular formula is C15H19N5OS. The lowest BCUT2D eigenvalue weighted by atomic mass is 9.99. The first-order chi connectivity index (χ1) is 10.6. The summed E-state index contributed by atoms with van der Waals surface area (Å²) in [7, 11) is 0. The van der Waals surface area contributed by atoms with Gasteiger partial charge in [0.15, 0.2) is 5.13 Å². The smallest absolute Gasteiger partial charge is 0.229 e. The zero-order valence-corrected chi connectivity index (χ0v) is 13.6. The number of rotatable bonds is 3. The maximum Gasteiger partial charge on any atom is 0.229 e. The van der Waals surface area contributed by atoms with E-state index >= 15 is 0 Å². The number of carbonyl (C=O) groups is 1. The van der Waals surface area contributed by atoms with Gasteiger partial charge in [-0.3, -0.25) is 4.79 Å². The van der Waals surface area contributed by atoms with Gasteiger partial charge in [0, 0.05) is 30.7 Å². The van der Waals surface area contributed by atoms with Crippen molar-refractivity contribution in [2.45, 2.75) is 39.2 Å². The summed E-state index contributed by atoms with van der Waals surface area (Å²) in [5.41, 5.74) is 0.890. The average molecular weight is 317 g/mol. The fraction of sp³-hybridized carbons (Fsp3) is 0.467. The second kappa shape index (κ2) is 6.39. The van der Waals surface area contributed by atoms with E-state index in [2.05, 4.69) is 20.3 Å². The minimum Gasteiger partial charge on any atom is -0.334 e. The first-order valence-corrected chi connectivity index (χ1v) is 8.25. The molecule has 2 aromatic heterocycles. The molecule has 7 heteroatoms. The Hall–Kier alpha value is -2.02. The fourth-order valence-electron chi connectivity index (χ4n) is 2.74. The zero-order chi connectivity index (χ0) is 15.5. The molecule has 0 spiro atoms. The number of aromatic nitrogens is 3. The first-order valence-electron chi connectivity index (χ1n) is 7.43. The van der Waals surface area contributed by atoms with E-state index < -0.39 is 0 Å². The third-order valence-corrected chi connectivity index (χ3v) is 4.59. The first kappa shape index (κ1) is 14.9. The Bertz CT molecular complexity index is 671. The van der Waals surface area contributed by atoms with Crippen molar-refractivity contribution in [2.75, 3.05) is 11.9 Å². The van der Waals surface area contributed by atoms with Crippen LogP contribution in [-0.2, 0) is 4.79 Å². The van der Waals surface area contributed by atoms with Crippen LogP contribution in [0, 0.1) is 6.92 Å². The summed E-state index contributed by atoms with van der Waals surface area (Å²) in [6.07, 6.45) is 6.68. The Balaban J connectivity index is 1.82. The number of likely N-dealkylation sites (tertiary alicyclic amines) is 1. The summed E-state index contributed by atoms with van der Waals surface area (Å²) in [5.74, 6) is 0.634. The Labute approximate surface area is 133 Å². The van der Waals surface area contributed by atoms with E-state index in [0.717, 1.165) is 41.5 Å². The summed E-state index contributed by atoms with van der Waals surface area (Å²) in [5, 5.41) is 3.91. The van der Waals surface area contributed by atoms with Gasteiger partial charge >= 0.3 is 0 Å². The van der Waals surface area contributed by atoms with Crippen molar-refractivity contribution in [1.82, 2.24) is 19.9 Å². The predicted octanol–water partition coefficient (Wildman–Crippen LogP) is 3.06. The van der Waals surface area contributed by atoms with Crippen LogP contribution in [-0.4, -0.2) is 32.3 Å². The van der Waals surface area contributed by atoms with Crippen LogP contribution < -0.4 is 5.32 Å². The number of hydrogen-bond acceptors (Lipinski definition) is 6. The van der Waals surface area contributed by atoms with E-state index in [-0.39, 0.29) is 11.9 Å². The van der Waals surface area contributed by atoms with Crippen LogP contribution in [0.25, 0.3) is 0 Å². The van der Waals surface area contributed by atoms with Gasteiger partial charge in [0.2, 0.25) is 11.9 Å². The van der Waals surface area contributed by atoms with Crippen molar-refractivity contribution in [3.8, 4) is 0 Å². The summed E-state index contributed by atoms with van der Waals surface area (Å²) >= 11 is 1.56. The van der Waals surface area contributed by atoms with E-state index in [0.29, 0.717) is 5.95 Å². The van der Waals surface area contributed by atoms with Crippen molar-refractivity contribution >= 4 is 28.3 Å². The molecule has 0 saturated carbocycles. The quantitative estimate of drug-likeness (QED) is 0.942. The molecule has 3 heterocycles. The Kier molecular flexibility index (Phi) is 4.33. The van der Waals surface area contributed by atoms with Gasteiger partial charge in [0.1, 0.15) is 0 Å². The number of carbonyl (C=O) groups excluding carboxylic acids is 1. The van der Waals surface area contributed by atoms with Crippen molar-refractivity contribution in [2.24, 2.45) is 0 Å². The largest absolute Gasteiger partial charge is 0.334 e. The molecule has 3 rings (SSSR count). The second-order valence-corrected chi connectivity index (χ2v) is 6.66. The highest BCUT2D eigenvalue weighted by molar-refractivity contribution is 7.15. The predicted molar refractivity (Wildman–Crippen MR) is 86.1 cm³/mol. The average Bonchev–Trinajstić information content (AvgIpc) is 2.92. The summed E-state index contributed by atoms with van der Waals surface area (Å²) in [4.78, 5) is 28.0. The van der Waals surface area contributed by atoms with Gasteiger partial charge in [-0.2, -0.15) is 0 Å². The van der Waals surface area contributed by atoms with Crippen LogP contribution in [0.1, 0.15) is 42.8 Å². The number of amides is 1. The molecule has 1 atom stereocenters. The Morgan fingerprint density at radius 3 is 3.00 bits per heavy atom. The molecule has 1 fully saturated rings. The SMILES string of the molecule is CC(=O)N1CCCC[C@H]1c1ccnc(Nc2ncc(C)s2)n1. The van der Waals surface area contributed by atoms with Crippen LogP contribution in [0.3, 0.4) is 0 Å².